The van der Waals surface area contributed by atoms with Crippen LogP contribution in [0.1, 0.15) is 41.7 Å². The summed E-state index contributed by atoms with van der Waals surface area (Å²) in [6, 6.07) is 12.6. The smallest absolute Gasteiger partial charge is 0.293 e. The average Bonchev–Trinajstić information content (AvgIpc) is 3.26. The van der Waals surface area contributed by atoms with Crippen LogP contribution in [0, 0.1) is 10.1 Å². The number of rotatable bonds is 7. The van der Waals surface area contributed by atoms with E-state index in [1.54, 1.807) is 32.4 Å². The van der Waals surface area contributed by atoms with Gasteiger partial charge in [0.05, 0.1) is 19.1 Å². The molecule has 0 spiro atoms. The van der Waals surface area contributed by atoms with Crippen molar-refractivity contribution < 1.29 is 19.2 Å². The number of fused-ring (bicyclic) bond motifs is 1. The average molecular weight is 437 g/mol. The standard InChI is InChI=1S/C24H27N3O5/c1-31-21-12-10-16(14-22(21)32-2)9-11-18-7-3-4-13-26(18)24(28)19-15-17-6-5-8-20(27(29)30)23(17)25-19/h5-6,8,10,12,14-15,18,25H,3-4,7,9,11,13H2,1-2H3. The lowest BCUT2D eigenvalue weighted by atomic mass is 9.95. The Morgan fingerprint density at radius 3 is 2.72 bits per heavy atom. The normalized spacial score (nSPS) is 16.2. The topological polar surface area (TPSA) is 97.7 Å². The van der Waals surface area contributed by atoms with Gasteiger partial charge in [0.1, 0.15) is 11.2 Å². The van der Waals surface area contributed by atoms with Crippen LogP contribution in [-0.4, -0.2) is 47.5 Å². The van der Waals surface area contributed by atoms with Crippen molar-refractivity contribution in [3.63, 3.8) is 0 Å². The van der Waals surface area contributed by atoms with E-state index in [4.69, 9.17) is 9.47 Å². The molecule has 0 bridgehead atoms. The van der Waals surface area contributed by atoms with Crippen LogP contribution in [0.2, 0.25) is 0 Å². The van der Waals surface area contributed by atoms with Crippen LogP contribution in [0.5, 0.6) is 11.5 Å². The number of non-ortho nitro benzene ring substituents is 1. The molecular formula is C24H27N3O5. The second kappa shape index (κ2) is 9.30. The van der Waals surface area contributed by atoms with E-state index in [0.29, 0.717) is 34.6 Å². The van der Waals surface area contributed by atoms with E-state index in [-0.39, 0.29) is 17.6 Å². The Hall–Kier alpha value is -3.55. The van der Waals surface area contributed by atoms with Gasteiger partial charge < -0.3 is 19.4 Å². The molecule has 2 aromatic carbocycles. The molecule has 4 rings (SSSR count). The van der Waals surface area contributed by atoms with Gasteiger partial charge in [0.15, 0.2) is 11.5 Å². The van der Waals surface area contributed by atoms with E-state index in [2.05, 4.69) is 4.98 Å². The number of hydrogen-bond donors (Lipinski definition) is 1. The Morgan fingerprint density at radius 1 is 1.16 bits per heavy atom. The third-order valence-corrected chi connectivity index (χ3v) is 6.16. The molecule has 0 saturated carbocycles. The van der Waals surface area contributed by atoms with E-state index in [1.165, 1.54) is 6.07 Å². The molecule has 168 valence electrons. The fraction of sp³-hybridized carbons (Fsp3) is 0.375. The summed E-state index contributed by atoms with van der Waals surface area (Å²) >= 11 is 0. The molecule has 32 heavy (non-hydrogen) atoms. The summed E-state index contributed by atoms with van der Waals surface area (Å²) in [4.78, 5) is 29.2. The predicted molar refractivity (Wildman–Crippen MR) is 121 cm³/mol. The largest absolute Gasteiger partial charge is 0.493 e. The number of aromatic nitrogens is 1. The zero-order valence-electron chi connectivity index (χ0n) is 18.3. The first-order valence-electron chi connectivity index (χ1n) is 10.8. The van der Waals surface area contributed by atoms with Crippen LogP contribution in [0.3, 0.4) is 0 Å². The maximum Gasteiger partial charge on any atom is 0.293 e. The third-order valence-electron chi connectivity index (χ3n) is 6.16. The van der Waals surface area contributed by atoms with Crippen molar-refractivity contribution in [1.82, 2.24) is 9.88 Å². The lowest BCUT2D eigenvalue weighted by molar-refractivity contribution is -0.383. The molecule has 2 heterocycles. The van der Waals surface area contributed by atoms with E-state index in [9.17, 15) is 14.9 Å². The molecule has 0 aliphatic carbocycles. The number of aromatic amines is 1. The van der Waals surface area contributed by atoms with Gasteiger partial charge in [0.25, 0.3) is 11.6 Å². The monoisotopic (exact) mass is 437 g/mol. The van der Waals surface area contributed by atoms with E-state index in [1.807, 2.05) is 23.1 Å². The van der Waals surface area contributed by atoms with Crippen molar-refractivity contribution in [3.05, 3.63) is 63.8 Å². The lowest BCUT2D eigenvalue weighted by Crippen LogP contribution is -2.44. The van der Waals surface area contributed by atoms with Gasteiger partial charge in [-0.3, -0.25) is 14.9 Å². The van der Waals surface area contributed by atoms with Crippen molar-refractivity contribution in [3.8, 4) is 11.5 Å². The molecule has 8 nitrogen and oxygen atoms in total. The van der Waals surface area contributed by atoms with Crippen LogP contribution < -0.4 is 9.47 Å². The molecule has 1 N–H and O–H groups in total. The highest BCUT2D eigenvalue weighted by Crippen LogP contribution is 2.30. The number of nitrogens with zero attached hydrogens (tertiary/aromatic N) is 2. The van der Waals surface area contributed by atoms with Gasteiger partial charge in [0, 0.05) is 24.0 Å². The summed E-state index contributed by atoms with van der Waals surface area (Å²) in [5.41, 5.74) is 1.89. The minimum atomic E-state index is -0.431. The number of ether oxygens (including phenoxy) is 2. The van der Waals surface area contributed by atoms with Crippen molar-refractivity contribution in [2.24, 2.45) is 0 Å². The van der Waals surface area contributed by atoms with Gasteiger partial charge in [-0.1, -0.05) is 18.2 Å². The van der Waals surface area contributed by atoms with Crippen LogP contribution in [0.25, 0.3) is 10.9 Å². The zero-order valence-corrected chi connectivity index (χ0v) is 18.3. The maximum atomic E-state index is 13.3. The number of hydrogen-bond acceptors (Lipinski definition) is 5. The quantitative estimate of drug-likeness (QED) is 0.426. The molecular weight excluding hydrogens is 410 g/mol. The van der Waals surface area contributed by atoms with Gasteiger partial charge in [-0.2, -0.15) is 0 Å². The SMILES string of the molecule is COc1ccc(CCC2CCCCN2C(=O)c2cc3cccc([N+](=O)[O-])c3[nH]2)cc1OC. The molecule has 1 atom stereocenters. The van der Waals surface area contributed by atoms with Crippen LogP contribution in [0.4, 0.5) is 5.69 Å². The molecule has 1 saturated heterocycles. The zero-order chi connectivity index (χ0) is 22.7. The highest BCUT2D eigenvalue weighted by Gasteiger charge is 2.29. The Labute approximate surface area is 186 Å². The number of benzene rings is 2. The van der Waals surface area contributed by atoms with Gasteiger partial charge in [-0.25, -0.2) is 0 Å². The number of H-pyrrole nitrogens is 1. The number of piperidine rings is 1. The number of aryl methyl sites for hydroxylation is 1. The Bertz CT molecular complexity index is 1140. The van der Waals surface area contributed by atoms with Crippen LogP contribution in [-0.2, 0) is 6.42 Å². The number of methoxy groups -OCH3 is 2. The summed E-state index contributed by atoms with van der Waals surface area (Å²) in [5.74, 6) is 1.28. The fourth-order valence-corrected chi connectivity index (χ4v) is 4.50. The first-order chi connectivity index (χ1) is 15.5. The predicted octanol–water partition coefficient (Wildman–Crippen LogP) is 4.72. The number of nitro benzene ring substituents is 1. The molecule has 1 aromatic heterocycles. The summed E-state index contributed by atoms with van der Waals surface area (Å²) < 4.78 is 10.7. The number of nitrogens with one attached hydrogen (secondary N) is 1. The van der Waals surface area contributed by atoms with Crippen molar-refractivity contribution in [2.45, 2.75) is 38.1 Å². The second-order valence-electron chi connectivity index (χ2n) is 8.06. The lowest BCUT2D eigenvalue weighted by Gasteiger charge is -2.35. The second-order valence-corrected chi connectivity index (χ2v) is 8.06. The van der Waals surface area contributed by atoms with Crippen molar-refractivity contribution in [1.29, 1.82) is 0 Å². The Balaban J connectivity index is 1.52. The molecule has 1 aliphatic heterocycles. The minimum absolute atomic E-state index is 0.0230. The summed E-state index contributed by atoms with van der Waals surface area (Å²) in [6.45, 7) is 0.687. The van der Waals surface area contributed by atoms with Crippen molar-refractivity contribution in [2.75, 3.05) is 20.8 Å². The number of amides is 1. The maximum absolute atomic E-state index is 13.3. The molecule has 3 aromatic rings. The third kappa shape index (κ3) is 4.26. The van der Waals surface area contributed by atoms with E-state index < -0.39 is 4.92 Å². The van der Waals surface area contributed by atoms with Gasteiger partial charge in [-0.15, -0.1) is 0 Å². The number of carbonyl (C=O) groups excluding carboxylic acids is 1. The number of para-hydroxylation sites is 1. The Morgan fingerprint density at radius 2 is 1.97 bits per heavy atom. The summed E-state index contributed by atoms with van der Waals surface area (Å²) in [7, 11) is 3.23. The highest BCUT2D eigenvalue weighted by atomic mass is 16.6. The molecule has 0 radical (unpaired) electrons. The van der Waals surface area contributed by atoms with E-state index in [0.717, 1.165) is 37.7 Å². The van der Waals surface area contributed by atoms with Crippen molar-refractivity contribution >= 4 is 22.5 Å². The summed E-state index contributed by atoms with van der Waals surface area (Å²) in [5, 5.41) is 12.0. The molecule has 1 aliphatic rings. The van der Waals surface area contributed by atoms with Gasteiger partial charge in [0.2, 0.25) is 0 Å². The Kier molecular flexibility index (Phi) is 6.30. The molecule has 1 amide bonds. The number of likely N-dealkylation sites (tertiary alicyclic amines) is 1. The first-order valence-corrected chi connectivity index (χ1v) is 10.8. The molecule has 1 unspecified atom stereocenters. The van der Waals surface area contributed by atoms with Gasteiger partial charge in [-0.05, 0) is 55.9 Å². The number of carbonyl (C=O) groups is 1. The van der Waals surface area contributed by atoms with E-state index >= 15 is 0 Å². The first kappa shape index (κ1) is 21.7. The number of nitro groups is 1. The van der Waals surface area contributed by atoms with Crippen LogP contribution in [0.15, 0.2) is 42.5 Å². The van der Waals surface area contributed by atoms with Crippen LogP contribution >= 0.6 is 0 Å². The highest BCUT2D eigenvalue weighted by molar-refractivity contribution is 6.00. The molecule has 8 heteroatoms. The summed E-state index contributed by atoms with van der Waals surface area (Å²) in [6.07, 6.45) is 4.63. The van der Waals surface area contributed by atoms with Gasteiger partial charge >= 0.3 is 0 Å². The molecule has 1 fully saturated rings. The minimum Gasteiger partial charge on any atom is -0.493 e. The fourth-order valence-electron chi connectivity index (χ4n) is 4.50.